The van der Waals surface area contributed by atoms with Gasteiger partial charge in [0.15, 0.2) is 0 Å². The van der Waals surface area contributed by atoms with Crippen LogP contribution in [0.4, 0.5) is 4.79 Å². The molecular weight excluding hydrogens is 474 g/mol. The molecule has 1 N–H and O–H groups in total. The molecule has 3 aliphatic rings. The smallest absolute Gasteiger partial charge is 0.410 e. The van der Waals surface area contributed by atoms with E-state index in [0.717, 1.165) is 30.5 Å². The zero-order valence-corrected chi connectivity index (χ0v) is 21.2. The van der Waals surface area contributed by atoms with Crippen LogP contribution in [0.2, 0.25) is 0 Å². The Morgan fingerprint density at radius 3 is 2.13 bits per heavy atom. The third-order valence-corrected chi connectivity index (χ3v) is 8.73. The number of rotatable bonds is 4. The monoisotopic (exact) mass is 505 g/mol. The van der Waals surface area contributed by atoms with E-state index in [2.05, 4.69) is 53.6 Å². The topological polar surface area (TPSA) is 67.6 Å². The molecule has 2 bridgehead atoms. The number of amides is 1. The number of aliphatic hydroxyl groups is 1. The van der Waals surface area contributed by atoms with E-state index in [1.807, 2.05) is 46.1 Å². The molecule has 2 fully saturated rings. The van der Waals surface area contributed by atoms with Gasteiger partial charge in [0, 0.05) is 43.2 Å². The molecule has 2 unspecified atom stereocenters. The fourth-order valence-corrected chi connectivity index (χ4v) is 6.98. The van der Waals surface area contributed by atoms with Crippen LogP contribution in [-0.2, 0) is 10.3 Å². The Morgan fingerprint density at radius 1 is 0.895 bits per heavy atom. The van der Waals surface area contributed by atoms with Gasteiger partial charge in [-0.25, -0.2) is 9.48 Å². The van der Waals surface area contributed by atoms with E-state index in [1.165, 1.54) is 22.3 Å². The number of nitrogens with zero attached hydrogens (tertiary/aromatic N) is 3. The van der Waals surface area contributed by atoms with E-state index in [1.54, 1.807) is 6.20 Å². The molecule has 1 aliphatic carbocycles. The maximum Gasteiger partial charge on any atom is 0.410 e. The summed E-state index contributed by atoms with van der Waals surface area (Å²) in [6.45, 7) is 0.321. The first kappa shape index (κ1) is 23.2. The van der Waals surface area contributed by atoms with Gasteiger partial charge in [-0.3, -0.25) is 0 Å². The third kappa shape index (κ3) is 3.82. The molecule has 4 aromatic rings. The van der Waals surface area contributed by atoms with Crippen LogP contribution in [0.5, 0.6) is 0 Å². The van der Waals surface area contributed by atoms with Crippen LogP contribution >= 0.6 is 0 Å². The minimum absolute atomic E-state index is 0.0334. The minimum atomic E-state index is -0.960. The number of carbonyl (C=O) groups excluding carboxylic acids is 1. The highest BCUT2D eigenvalue weighted by atomic mass is 16.6. The number of carbonyl (C=O) groups is 1. The first-order chi connectivity index (χ1) is 18.6. The van der Waals surface area contributed by atoms with Crippen LogP contribution < -0.4 is 0 Å². The van der Waals surface area contributed by atoms with E-state index >= 15 is 0 Å². The number of benzene rings is 3. The first-order valence-corrected chi connectivity index (χ1v) is 13.6. The Balaban J connectivity index is 1.08. The lowest BCUT2D eigenvalue weighted by molar-refractivity contribution is -0.0891. The van der Waals surface area contributed by atoms with Crippen LogP contribution in [0.1, 0.15) is 54.7 Å². The Hall–Kier alpha value is -3.90. The van der Waals surface area contributed by atoms with E-state index in [4.69, 9.17) is 4.74 Å². The molecule has 2 saturated heterocycles. The predicted octanol–water partition coefficient (Wildman–Crippen LogP) is 6.03. The molecule has 3 aromatic carbocycles. The summed E-state index contributed by atoms with van der Waals surface area (Å²) in [5.74, 6) is 0.0428. The highest BCUT2D eigenvalue weighted by Gasteiger charge is 2.48. The van der Waals surface area contributed by atoms with Crippen molar-refractivity contribution in [3.8, 4) is 16.8 Å². The molecule has 192 valence electrons. The summed E-state index contributed by atoms with van der Waals surface area (Å²) in [6.07, 6.45) is 7.28. The van der Waals surface area contributed by atoms with Crippen LogP contribution in [-0.4, -0.2) is 44.6 Å². The fourth-order valence-electron chi connectivity index (χ4n) is 6.98. The van der Waals surface area contributed by atoms with Crippen molar-refractivity contribution in [2.45, 2.75) is 55.7 Å². The summed E-state index contributed by atoms with van der Waals surface area (Å²) in [6, 6.07) is 26.6. The second kappa shape index (κ2) is 9.14. The molecule has 0 saturated carbocycles. The standard InChI is InChI=1S/C32H31N3O3/c36-31(38-21-30-28-11-3-1-9-26(28)27-10-2-4-12-29(27)30)35-24-7-5-8-25(35)20-32(37,19-24)22-13-15-23(16-14-22)34-18-6-17-33-34/h1-4,6,9-18,24-25,30,37H,5,7-8,19-21H2. The van der Waals surface area contributed by atoms with Crippen LogP contribution in [0.15, 0.2) is 91.3 Å². The van der Waals surface area contributed by atoms with Gasteiger partial charge >= 0.3 is 6.09 Å². The van der Waals surface area contributed by atoms with Gasteiger partial charge in [0.25, 0.3) is 0 Å². The SMILES string of the molecule is O=C(OCC1c2ccccc2-c2ccccc21)N1C2CCCC1CC(O)(c1ccc(-n3cccn3)cc1)C2. The van der Waals surface area contributed by atoms with Crippen molar-refractivity contribution in [1.29, 1.82) is 0 Å². The zero-order valence-electron chi connectivity index (χ0n) is 21.2. The van der Waals surface area contributed by atoms with Crippen molar-refractivity contribution in [2.24, 2.45) is 0 Å². The second-order valence-corrected chi connectivity index (χ2v) is 10.9. The number of hydrogen-bond acceptors (Lipinski definition) is 4. The predicted molar refractivity (Wildman–Crippen MR) is 145 cm³/mol. The molecular formula is C32H31N3O3. The number of ether oxygens (including phenoxy) is 1. The van der Waals surface area contributed by atoms with Gasteiger partial charge in [-0.05, 0) is 65.3 Å². The van der Waals surface area contributed by atoms with Gasteiger partial charge in [0.2, 0.25) is 0 Å². The van der Waals surface area contributed by atoms with E-state index in [9.17, 15) is 9.90 Å². The molecule has 3 heterocycles. The lowest BCUT2D eigenvalue weighted by Gasteiger charge is -2.51. The number of fused-ring (bicyclic) bond motifs is 5. The molecule has 2 aliphatic heterocycles. The Labute approximate surface area is 222 Å². The lowest BCUT2D eigenvalue weighted by atomic mass is 9.72. The van der Waals surface area contributed by atoms with Gasteiger partial charge in [-0.2, -0.15) is 5.10 Å². The maximum atomic E-state index is 13.5. The first-order valence-electron chi connectivity index (χ1n) is 13.6. The quantitative estimate of drug-likeness (QED) is 0.368. The van der Waals surface area contributed by atoms with Crippen molar-refractivity contribution in [3.05, 3.63) is 108 Å². The Bertz CT molecular complexity index is 1400. The molecule has 0 spiro atoms. The maximum absolute atomic E-state index is 13.5. The van der Waals surface area contributed by atoms with Crippen molar-refractivity contribution in [3.63, 3.8) is 0 Å². The second-order valence-electron chi connectivity index (χ2n) is 10.9. The summed E-state index contributed by atoms with van der Waals surface area (Å²) < 4.78 is 7.85. The van der Waals surface area contributed by atoms with Crippen LogP contribution in [0, 0.1) is 0 Å². The lowest BCUT2D eigenvalue weighted by Crippen LogP contribution is -2.59. The Morgan fingerprint density at radius 2 is 1.53 bits per heavy atom. The fraction of sp³-hybridized carbons (Fsp3) is 0.312. The van der Waals surface area contributed by atoms with Gasteiger partial charge < -0.3 is 14.7 Å². The van der Waals surface area contributed by atoms with Crippen molar-refractivity contribution in [1.82, 2.24) is 14.7 Å². The molecule has 6 heteroatoms. The normalized spacial score (nSPS) is 24.1. The number of hydrogen-bond donors (Lipinski definition) is 1. The average molecular weight is 506 g/mol. The molecule has 1 aromatic heterocycles. The summed E-state index contributed by atoms with van der Waals surface area (Å²) in [7, 11) is 0. The third-order valence-electron chi connectivity index (χ3n) is 8.73. The highest BCUT2D eigenvalue weighted by molar-refractivity contribution is 5.79. The van der Waals surface area contributed by atoms with Crippen LogP contribution in [0.3, 0.4) is 0 Å². The average Bonchev–Trinajstić information content (AvgIpc) is 3.59. The van der Waals surface area contributed by atoms with Gasteiger partial charge in [-0.1, -0.05) is 60.7 Å². The van der Waals surface area contributed by atoms with Crippen molar-refractivity contribution < 1.29 is 14.6 Å². The number of aromatic nitrogens is 2. The van der Waals surface area contributed by atoms with Gasteiger partial charge in [0.05, 0.1) is 11.3 Å². The van der Waals surface area contributed by atoms with E-state index in [0.29, 0.717) is 19.4 Å². The summed E-state index contributed by atoms with van der Waals surface area (Å²) in [4.78, 5) is 15.5. The van der Waals surface area contributed by atoms with Gasteiger partial charge in [-0.15, -0.1) is 0 Å². The van der Waals surface area contributed by atoms with Crippen molar-refractivity contribution >= 4 is 6.09 Å². The largest absolute Gasteiger partial charge is 0.448 e. The van der Waals surface area contributed by atoms with Gasteiger partial charge in [0.1, 0.15) is 6.61 Å². The van der Waals surface area contributed by atoms with E-state index in [-0.39, 0.29) is 24.1 Å². The molecule has 38 heavy (non-hydrogen) atoms. The van der Waals surface area contributed by atoms with E-state index < -0.39 is 5.60 Å². The molecule has 6 nitrogen and oxygen atoms in total. The summed E-state index contributed by atoms with van der Waals surface area (Å²) in [5.41, 5.74) is 5.78. The zero-order chi connectivity index (χ0) is 25.7. The van der Waals surface area contributed by atoms with Crippen molar-refractivity contribution in [2.75, 3.05) is 6.61 Å². The number of piperidine rings is 2. The molecule has 0 radical (unpaired) electrons. The highest BCUT2D eigenvalue weighted by Crippen LogP contribution is 2.46. The summed E-state index contributed by atoms with van der Waals surface area (Å²) >= 11 is 0. The molecule has 2 atom stereocenters. The summed E-state index contributed by atoms with van der Waals surface area (Å²) in [5, 5.41) is 16.1. The molecule has 7 rings (SSSR count). The van der Waals surface area contributed by atoms with Crippen LogP contribution in [0.25, 0.3) is 16.8 Å². The Kier molecular flexibility index (Phi) is 5.59. The minimum Gasteiger partial charge on any atom is -0.448 e. The molecule has 1 amide bonds.